The molecule has 0 saturated carbocycles. The Morgan fingerprint density at radius 1 is 1.13 bits per heavy atom. The minimum absolute atomic E-state index is 0.143. The van der Waals surface area contributed by atoms with Crippen molar-refractivity contribution < 1.29 is 9.47 Å². The largest absolute Gasteiger partial charge is 0.486 e. The van der Waals surface area contributed by atoms with Gasteiger partial charge in [-0.05, 0) is 42.7 Å². The van der Waals surface area contributed by atoms with Crippen LogP contribution in [0.3, 0.4) is 0 Å². The summed E-state index contributed by atoms with van der Waals surface area (Å²) in [5.74, 6) is 1.65. The quantitative estimate of drug-likeness (QED) is 0.947. The van der Waals surface area contributed by atoms with Crippen molar-refractivity contribution in [2.75, 3.05) is 24.7 Å². The molecular formula is C19H22N2O2. The van der Waals surface area contributed by atoms with Gasteiger partial charge < -0.3 is 20.1 Å². The van der Waals surface area contributed by atoms with Crippen molar-refractivity contribution in [1.82, 2.24) is 0 Å². The summed E-state index contributed by atoms with van der Waals surface area (Å²) in [7, 11) is 0. The van der Waals surface area contributed by atoms with Gasteiger partial charge in [-0.1, -0.05) is 24.3 Å². The normalized spacial score (nSPS) is 20.3. The SMILES string of the molecule is CC1Cc2ccccc2N1C(CN)c1ccc2c(c1)OCCO2. The van der Waals surface area contributed by atoms with Crippen molar-refractivity contribution in [1.29, 1.82) is 0 Å². The maximum Gasteiger partial charge on any atom is 0.161 e. The first kappa shape index (κ1) is 14.4. The standard InChI is InChI=1S/C19H22N2O2/c1-13-10-14-4-2-3-5-16(14)21(13)17(12-20)15-6-7-18-19(11-15)23-9-8-22-18/h2-7,11,13,17H,8-10,12,20H2,1H3. The molecule has 2 atom stereocenters. The van der Waals surface area contributed by atoms with Gasteiger partial charge >= 0.3 is 0 Å². The molecule has 0 spiro atoms. The Labute approximate surface area is 136 Å². The summed E-state index contributed by atoms with van der Waals surface area (Å²) in [6.07, 6.45) is 1.07. The van der Waals surface area contributed by atoms with Gasteiger partial charge in [-0.25, -0.2) is 0 Å². The molecule has 0 fully saturated rings. The summed E-state index contributed by atoms with van der Waals surface area (Å²) in [5.41, 5.74) is 10.0. The van der Waals surface area contributed by atoms with Crippen molar-refractivity contribution in [3.63, 3.8) is 0 Å². The minimum Gasteiger partial charge on any atom is -0.486 e. The number of nitrogens with zero attached hydrogens (tertiary/aromatic N) is 1. The highest BCUT2D eigenvalue weighted by atomic mass is 16.6. The van der Waals surface area contributed by atoms with Gasteiger partial charge in [-0.15, -0.1) is 0 Å². The van der Waals surface area contributed by atoms with Gasteiger partial charge in [0, 0.05) is 18.3 Å². The minimum atomic E-state index is 0.143. The van der Waals surface area contributed by atoms with Crippen LogP contribution in [0, 0.1) is 0 Å². The molecule has 0 aromatic heterocycles. The van der Waals surface area contributed by atoms with E-state index in [-0.39, 0.29) is 6.04 Å². The number of ether oxygens (including phenoxy) is 2. The second-order valence-corrected chi connectivity index (χ2v) is 6.24. The van der Waals surface area contributed by atoms with E-state index in [1.807, 2.05) is 6.07 Å². The topological polar surface area (TPSA) is 47.7 Å². The molecule has 0 amide bonds. The molecule has 0 bridgehead atoms. The number of para-hydroxylation sites is 1. The first-order valence-electron chi connectivity index (χ1n) is 8.24. The lowest BCUT2D eigenvalue weighted by Crippen LogP contribution is -2.37. The van der Waals surface area contributed by atoms with Crippen LogP contribution in [0.25, 0.3) is 0 Å². The average molecular weight is 310 g/mol. The van der Waals surface area contributed by atoms with E-state index in [0.29, 0.717) is 25.8 Å². The third kappa shape index (κ3) is 2.43. The van der Waals surface area contributed by atoms with Crippen molar-refractivity contribution in [3.05, 3.63) is 53.6 Å². The summed E-state index contributed by atoms with van der Waals surface area (Å²) < 4.78 is 11.4. The van der Waals surface area contributed by atoms with Crippen molar-refractivity contribution in [2.24, 2.45) is 5.73 Å². The Morgan fingerprint density at radius 3 is 2.74 bits per heavy atom. The van der Waals surface area contributed by atoms with E-state index in [2.05, 4.69) is 48.2 Å². The Balaban J connectivity index is 1.72. The molecular weight excluding hydrogens is 288 g/mol. The molecule has 4 heteroatoms. The van der Waals surface area contributed by atoms with Crippen LogP contribution in [-0.4, -0.2) is 25.8 Å². The molecule has 0 aliphatic carbocycles. The zero-order valence-corrected chi connectivity index (χ0v) is 13.4. The summed E-state index contributed by atoms with van der Waals surface area (Å²) in [5, 5.41) is 0. The third-order valence-corrected chi connectivity index (χ3v) is 4.77. The molecule has 4 rings (SSSR count). The predicted molar refractivity (Wildman–Crippen MR) is 91.3 cm³/mol. The summed E-state index contributed by atoms with van der Waals surface area (Å²) in [4.78, 5) is 2.45. The monoisotopic (exact) mass is 310 g/mol. The van der Waals surface area contributed by atoms with E-state index in [4.69, 9.17) is 15.2 Å². The lowest BCUT2D eigenvalue weighted by molar-refractivity contribution is 0.171. The van der Waals surface area contributed by atoms with Crippen LogP contribution in [0.4, 0.5) is 5.69 Å². The highest BCUT2D eigenvalue weighted by Crippen LogP contribution is 2.40. The van der Waals surface area contributed by atoms with Crippen LogP contribution >= 0.6 is 0 Å². The molecule has 2 aromatic rings. The van der Waals surface area contributed by atoms with Crippen LogP contribution in [0.2, 0.25) is 0 Å². The van der Waals surface area contributed by atoms with Crippen LogP contribution in [0.5, 0.6) is 11.5 Å². The lowest BCUT2D eigenvalue weighted by Gasteiger charge is -2.34. The van der Waals surface area contributed by atoms with E-state index in [1.54, 1.807) is 0 Å². The van der Waals surface area contributed by atoms with Crippen molar-refractivity contribution >= 4 is 5.69 Å². The van der Waals surface area contributed by atoms with Crippen LogP contribution in [0.1, 0.15) is 24.1 Å². The fourth-order valence-electron chi connectivity index (χ4n) is 3.74. The zero-order chi connectivity index (χ0) is 15.8. The number of hydrogen-bond acceptors (Lipinski definition) is 4. The number of fused-ring (bicyclic) bond motifs is 2. The van der Waals surface area contributed by atoms with Gasteiger partial charge in [0.15, 0.2) is 11.5 Å². The zero-order valence-electron chi connectivity index (χ0n) is 13.4. The Morgan fingerprint density at radius 2 is 1.91 bits per heavy atom. The van der Waals surface area contributed by atoms with Gasteiger partial charge in [0.1, 0.15) is 13.2 Å². The first-order valence-corrected chi connectivity index (χ1v) is 8.24. The molecule has 2 aromatic carbocycles. The van der Waals surface area contributed by atoms with Gasteiger partial charge in [0.25, 0.3) is 0 Å². The highest BCUT2D eigenvalue weighted by molar-refractivity contribution is 5.61. The summed E-state index contributed by atoms with van der Waals surface area (Å²) in [6, 6.07) is 15.4. The lowest BCUT2D eigenvalue weighted by atomic mass is 10.0. The van der Waals surface area contributed by atoms with E-state index < -0.39 is 0 Å². The molecule has 4 nitrogen and oxygen atoms in total. The van der Waals surface area contributed by atoms with Gasteiger partial charge in [-0.2, -0.15) is 0 Å². The highest BCUT2D eigenvalue weighted by Gasteiger charge is 2.32. The van der Waals surface area contributed by atoms with Gasteiger partial charge in [0.05, 0.1) is 6.04 Å². The molecule has 0 radical (unpaired) electrons. The number of hydrogen-bond donors (Lipinski definition) is 1. The Hall–Kier alpha value is -2.20. The number of rotatable bonds is 3. The molecule has 0 saturated heterocycles. The third-order valence-electron chi connectivity index (χ3n) is 4.77. The second kappa shape index (κ2) is 5.78. The molecule has 2 aliphatic heterocycles. The van der Waals surface area contributed by atoms with Gasteiger partial charge in [-0.3, -0.25) is 0 Å². The van der Waals surface area contributed by atoms with Crippen LogP contribution in [-0.2, 0) is 6.42 Å². The second-order valence-electron chi connectivity index (χ2n) is 6.24. The van der Waals surface area contributed by atoms with Crippen molar-refractivity contribution in [3.8, 4) is 11.5 Å². The van der Waals surface area contributed by atoms with E-state index >= 15 is 0 Å². The molecule has 2 unspecified atom stereocenters. The van der Waals surface area contributed by atoms with Crippen LogP contribution < -0.4 is 20.1 Å². The fraction of sp³-hybridized carbons (Fsp3) is 0.368. The summed E-state index contributed by atoms with van der Waals surface area (Å²) in [6.45, 7) is 4.05. The predicted octanol–water partition coefficient (Wildman–Crippen LogP) is 2.91. The molecule has 2 N–H and O–H groups in total. The summed E-state index contributed by atoms with van der Waals surface area (Å²) >= 11 is 0. The molecule has 120 valence electrons. The van der Waals surface area contributed by atoms with Gasteiger partial charge in [0.2, 0.25) is 0 Å². The van der Waals surface area contributed by atoms with E-state index in [1.165, 1.54) is 16.8 Å². The number of benzene rings is 2. The van der Waals surface area contributed by atoms with E-state index in [0.717, 1.165) is 17.9 Å². The first-order chi connectivity index (χ1) is 11.3. The van der Waals surface area contributed by atoms with Crippen molar-refractivity contribution in [2.45, 2.75) is 25.4 Å². The Kier molecular flexibility index (Phi) is 3.62. The fourth-order valence-corrected chi connectivity index (χ4v) is 3.74. The number of anilines is 1. The maximum atomic E-state index is 6.17. The van der Waals surface area contributed by atoms with Crippen LogP contribution in [0.15, 0.2) is 42.5 Å². The van der Waals surface area contributed by atoms with E-state index in [9.17, 15) is 0 Å². The Bertz CT molecular complexity index is 716. The number of nitrogens with two attached hydrogens (primary N) is 1. The molecule has 23 heavy (non-hydrogen) atoms. The maximum absolute atomic E-state index is 6.17. The smallest absolute Gasteiger partial charge is 0.161 e. The molecule has 2 heterocycles. The average Bonchev–Trinajstić information content (AvgIpc) is 2.92. The molecule has 2 aliphatic rings.